The average Bonchev–Trinajstić information content (AvgIpc) is 2.75. The van der Waals surface area contributed by atoms with Gasteiger partial charge in [-0.05, 0) is 13.0 Å². The summed E-state index contributed by atoms with van der Waals surface area (Å²) < 4.78 is 48.9. The first kappa shape index (κ1) is 15.7. The van der Waals surface area contributed by atoms with E-state index in [9.17, 15) is 23.7 Å². The Labute approximate surface area is 128 Å². The average molecular weight is 330 g/mol. The van der Waals surface area contributed by atoms with Crippen LogP contribution in [0.5, 0.6) is 0 Å². The Morgan fingerprint density at radius 1 is 1.35 bits per heavy atom. The molecule has 0 bridgehead atoms. The molecule has 2 aliphatic rings. The van der Waals surface area contributed by atoms with Gasteiger partial charge < -0.3 is 10.1 Å². The van der Waals surface area contributed by atoms with Gasteiger partial charge in [0.1, 0.15) is 11.4 Å². The number of alkyl halides is 2. The molecule has 1 aromatic rings. The Morgan fingerprint density at radius 2 is 2.04 bits per heavy atom. The molecule has 124 valence electrons. The number of piperidine rings is 1. The molecule has 2 heterocycles. The van der Waals surface area contributed by atoms with Gasteiger partial charge in [-0.1, -0.05) is 0 Å². The summed E-state index contributed by atoms with van der Waals surface area (Å²) in [6, 6.07) is 2.59. The van der Waals surface area contributed by atoms with E-state index in [1.165, 1.54) is 0 Å². The Hall–Kier alpha value is -2.16. The molecule has 0 aliphatic carbocycles. The molecule has 2 saturated heterocycles. The number of benzene rings is 1. The molecule has 3 atom stereocenters. The number of carbonyl (C=O) groups is 1. The van der Waals surface area contributed by atoms with Crippen molar-refractivity contribution in [3.63, 3.8) is 0 Å². The van der Waals surface area contributed by atoms with Gasteiger partial charge in [-0.25, -0.2) is 13.2 Å². The van der Waals surface area contributed by atoms with Gasteiger partial charge in [0.2, 0.25) is 0 Å². The normalized spacial score (nSPS) is 36.4. The molecular weight excluding hydrogens is 317 g/mol. The minimum Gasteiger partial charge on any atom is -0.375 e. The molecular formula is C14H13F3N2O4. The SMILES string of the molecule is C[C@]1(F)C[C@]2(F)COC[C@]2(c2cc([N+](=O)[O-])ccc2F)NC1=O. The maximum absolute atomic E-state index is 15.4. The van der Waals surface area contributed by atoms with E-state index >= 15 is 4.39 Å². The van der Waals surface area contributed by atoms with Crippen LogP contribution in [0.3, 0.4) is 0 Å². The van der Waals surface area contributed by atoms with E-state index in [1.54, 1.807) is 0 Å². The second-order valence-electron chi connectivity index (χ2n) is 6.11. The van der Waals surface area contributed by atoms with Crippen molar-refractivity contribution in [3.8, 4) is 0 Å². The summed E-state index contributed by atoms with van der Waals surface area (Å²) in [6.07, 6.45) is -0.825. The Morgan fingerprint density at radius 3 is 2.70 bits per heavy atom. The molecule has 9 heteroatoms. The number of nitro benzene ring substituents is 1. The van der Waals surface area contributed by atoms with Gasteiger partial charge >= 0.3 is 0 Å². The van der Waals surface area contributed by atoms with Crippen molar-refractivity contribution in [1.82, 2.24) is 5.32 Å². The van der Waals surface area contributed by atoms with Crippen LogP contribution in [0, 0.1) is 15.9 Å². The van der Waals surface area contributed by atoms with Gasteiger partial charge in [0.15, 0.2) is 11.3 Å². The van der Waals surface area contributed by atoms with Crippen LogP contribution in [0.2, 0.25) is 0 Å². The molecule has 0 aromatic heterocycles. The number of nitro groups is 1. The first-order valence-corrected chi connectivity index (χ1v) is 6.84. The summed E-state index contributed by atoms with van der Waals surface area (Å²) in [7, 11) is 0. The van der Waals surface area contributed by atoms with E-state index in [2.05, 4.69) is 5.32 Å². The highest BCUT2D eigenvalue weighted by Gasteiger charge is 2.67. The number of hydrogen-bond donors (Lipinski definition) is 1. The summed E-state index contributed by atoms with van der Waals surface area (Å²) in [6.45, 7) is -0.0615. The van der Waals surface area contributed by atoms with Crippen molar-refractivity contribution in [2.45, 2.75) is 30.2 Å². The number of non-ortho nitro benzene ring substituents is 1. The second kappa shape index (κ2) is 4.67. The van der Waals surface area contributed by atoms with Gasteiger partial charge in [0.25, 0.3) is 11.6 Å². The largest absolute Gasteiger partial charge is 0.375 e. The van der Waals surface area contributed by atoms with E-state index in [4.69, 9.17) is 4.74 Å². The van der Waals surface area contributed by atoms with E-state index in [0.717, 1.165) is 25.1 Å². The number of ether oxygens (including phenoxy) is 1. The van der Waals surface area contributed by atoms with Gasteiger partial charge in [0, 0.05) is 24.1 Å². The number of nitrogens with zero attached hydrogens (tertiary/aromatic N) is 1. The lowest BCUT2D eigenvalue weighted by Gasteiger charge is -2.46. The van der Waals surface area contributed by atoms with Gasteiger partial charge in [-0.2, -0.15) is 0 Å². The van der Waals surface area contributed by atoms with Crippen LogP contribution in [-0.4, -0.2) is 35.4 Å². The first-order chi connectivity index (χ1) is 10.6. The number of halogens is 3. The molecule has 3 rings (SSSR count). The summed E-state index contributed by atoms with van der Waals surface area (Å²) in [4.78, 5) is 22.1. The number of carbonyl (C=O) groups excluding carboxylic acids is 1. The molecule has 23 heavy (non-hydrogen) atoms. The zero-order valence-electron chi connectivity index (χ0n) is 12.1. The Kier molecular flexibility index (Phi) is 3.19. The lowest BCUT2D eigenvalue weighted by atomic mass is 9.69. The standard InChI is InChI=1S/C14H13F3N2O4/c1-12(16)5-13(17)6-23-7-14(13,18-11(12)20)9-4-8(19(21)22)2-3-10(9)15/h2-4H,5-7H2,1H3,(H,18,20)/t12-,13-,14+/m0/s1. The number of nitrogens with one attached hydrogen (secondary N) is 1. The topological polar surface area (TPSA) is 81.5 Å². The highest BCUT2D eigenvalue weighted by atomic mass is 19.2. The molecule has 0 unspecified atom stereocenters. The number of hydrogen-bond acceptors (Lipinski definition) is 4. The fourth-order valence-electron chi connectivity index (χ4n) is 3.24. The van der Waals surface area contributed by atoms with Crippen molar-refractivity contribution in [2.75, 3.05) is 13.2 Å². The van der Waals surface area contributed by atoms with Crippen molar-refractivity contribution < 1.29 is 27.6 Å². The number of amides is 1. The highest BCUT2D eigenvalue weighted by molar-refractivity contribution is 5.87. The molecule has 0 radical (unpaired) electrons. The predicted molar refractivity (Wildman–Crippen MR) is 71.7 cm³/mol. The number of fused-ring (bicyclic) bond motifs is 1. The van der Waals surface area contributed by atoms with Crippen molar-refractivity contribution in [2.24, 2.45) is 0 Å². The lowest BCUT2D eigenvalue weighted by Crippen LogP contribution is -2.69. The van der Waals surface area contributed by atoms with Gasteiger partial charge in [-0.3, -0.25) is 14.9 Å². The second-order valence-corrected chi connectivity index (χ2v) is 6.11. The zero-order chi connectivity index (χ0) is 17.0. The minimum absolute atomic E-state index is 0.421. The maximum Gasteiger partial charge on any atom is 0.270 e. The lowest BCUT2D eigenvalue weighted by molar-refractivity contribution is -0.385. The molecule has 0 spiro atoms. The predicted octanol–water partition coefficient (Wildman–Crippen LogP) is 1.92. The van der Waals surface area contributed by atoms with E-state index in [1.807, 2.05) is 0 Å². The molecule has 1 N–H and O–H groups in total. The Balaban J connectivity index is 2.19. The fourth-order valence-corrected chi connectivity index (χ4v) is 3.24. The van der Waals surface area contributed by atoms with E-state index in [0.29, 0.717) is 0 Å². The van der Waals surface area contributed by atoms with Crippen molar-refractivity contribution >= 4 is 11.6 Å². The van der Waals surface area contributed by atoms with Crippen LogP contribution in [0.1, 0.15) is 18.9 Å². The molecule has 2 aliphatic heterocycles. The maximum atomic E-state index is 15.4. The van der Waals surface area contributed by atoms with Gasteiger partial charge in [-0.15, -0.1) is 0 Å². The monoisotopic (exact) mass is 330 g/mol. The highest BCUT2D eigenvalue weighted by Crippen LogP contribution is 2.51. The summed E-state index contributed by atoms with van der Waals surface area (Å²) in [5.74, 6) is -2.05. The van der Waals surface area contributed by atoms with E-state index in [-0.39, 0.29) is 0 Å². The van der Waals surface area contributed by atoms with Crippen LogP contribution in [0.25, 0.3) is 0 Å². The zero-order valence-corrected chi connectivity index (χ0v) is 12.1. The smallest absolute Gasteiger partial charge is 0.270 e. The van der Waals surface area contributed by atoms with Crippen LogP contribution >= 0.6 is 0 Å². The third-order valence-corrected chi connectivity index (χ3v) is 4.45. The molecule has 1 aromatic carbocycles. The third-order valence-electron chi connectivity index (χ3n) is 4.45. The molecule has 6 nitrogen and oxygen atoms in total. The van der Waals surface area contributed by atoms with Crippen LogP contribution in [0.15, 0.2) is 18.2 Å². The first-order valence-electron chi connectivity index (χ1n) is 6.84. The summed E-state index contributed by atoms with van der Waals surface area (Å²) >= 11 is 0. The van der Waals surface area contributed by atoms with Crippen molar-refractivity contribution in [3.05, 3.63) is 39.7 Å². The third kappa shape index (κ3) is 2.10. The van der Waals surface area contributed by atoms with E-state index < -0.39 is 64.4 Å². The summed E-state index contributed by atoms with van der Waals surface area (Å²) in [5.41, 5.74) is -7.78. The molecule has 0 saturated carbocycles. The quantitative estimate of drug-likeness (QED) is 0.663. The van der Waals surface area contributed by atoms with Crippen molar-refractivity contribution in [1.29, 1.82) is 0 Å². The minimum atomic E-state index is -2.48. The van der Waals surface area contributed by atoms with Crippen LogP contribution < -0.4 is 5.32 Å². The molecule has 2 fully saturated rings. The van der Waals surface area contributed by atoms with Gasteiger partial charge in [0.05, 0.1) is 18.1 Å². The fraction of sp³-hybridized carbons (Fsp3) is 0.500. The summed E-state index contributed by atoms with van der Waals surface area (Å²) in [5, 5.41) is 13.1. The van der Waals surface area contributed by atoms with Crippen LogP contribution in [0.4, 0.5) is 18.9 Å². The number of rotatable bonds is 2. The Bertz CT molecular complexity index is 711. The molecule has 1 amide bonds. The van der Waals surface area contributed by atoms with Crippen LogP contribution in [-0.2, 0) is 15.1 Å².